The predicted octanol–water partition coefficient (Wildman–Crippen LogP) is 5.85. The Morgan fingerprint density at radius 3 is 2.62 bits per heavy atom. The number of ether oxygens (including phenoxy) is 1. The van der Waals surface area contributed by atoms with Crippen LogP contribution >= 0.6 is 23.2 Å². The summed E-state index contributed by atoms with van der Waals surface area (Å²) in [7, 11) is 1.97. The molecule has 5 rings (SSSR count). The molecule has 3 aromatic heterocycles. The smallest absolute Gasteiger partial charge is 0.322 e. The van der Waals surface area contributed by atoms with E-state index in [0.29, 0.717) is 22.3 Å². The molecule has 11 heteroatoms. The van der Waals surface area contributed by atoms with Gasteiger partial charge >= 0.3 is 6.01 Å². The zero-order valence-corrected chi connectivity index (χ0v) is 19.8. The Morgan fingerprint density at radius 1 is 1.06 bits per heavy atom. The van der Waals surface area contributed by atoms with Crippen LogP contribution in [0.2, 0.25) is 10.0 Å². The van der Waals surface area contributed by atoms with Crippen molar-refractivity contribution in [3.63, 3.8) is 0 Å². The lowest BCUT2D eigenvalue weighted by Crippen LogP contribution is -2.05. The third-order valence-electron chi connectivity index (χ3n) is 5.10. The summed E-state index contributed by atoms with van der Waals surface area (Å²) in [4.78, 5) is 12.7. The molecule has 3 N–H and O–H groups in total. The number of imidazole rings is 1. The maximum atomic E-state index is 6.40. The molecule has 0 fully saturated rings. The normalized spacial score (nSPS) is 11.1. The van der Waals surface area contributed by atoms with Crippen LogP contribution in [0.15, 0.2) is 54.9 Å². The fourth-order valence-corrected chi connectivity index (χ4v) is 3.76. The van der Waals surface area contributed by atoms with Gasteiger partial charge < -0.3 is 19.9 Å². The summed E-state index contributed by atoms with van der Waals surface area (Å²) >= 11 is 12.2. The van der Waals surface area contributed by atoms with Crippen LogP contribution in [0.4, 0.5) is 17.5 Å². The zero-order valence-electron chi connectivity index (χ0n) is 18.3. The number of hydrogen-bond acceptors (Lipinski definition) is 7. The van der Waals surface area contributed by atoms with Gasteiger partial charge in [-0.2, -0.15) is 5.10 Å². The van der Waals surface area contributed by atoms with Gasteiger partial charge in [-0.1, -0.05) is 29.3 Å². The van der Waals surface area contributed by atoms with Crippen molar-refractivity contribution in [1.29, 1.82) is 0 Å². The number of rotatable bonds is 7. The van der Waals surface area contributed by atoms with E-state index in [9.17, 15) is 0 Å². The molecule has 0 saturated heterocycles. The molecule has 0 saturated carbocycles. The minimum Gasteiger partial charge on any atom is -0.423 e. The molecular formula is C23H20Cl2N8O. The standard InChI is InChI=1S/C23H20Cl2N8O/c1-13-7-21(32-31-13)29-16-4-5-18-19(9-16)33(2)22(30-18)26-10-14-3-6-20(17(25)8-14)34-23-27-11-15(24)12-28-23/h3-9,11-12H,10H2,1-2H3,(H,26,30)(H2,29,31,32). The molecule has 0 bridgehead atoms. The molecule has 0 spiro atoms. The summed E-state index contributed by atoms with van der Waals surface area (Å²) in [5, 5.41) is 14.7. The first-order valence-electron chi connectivity index (χ1n) is 10.4. The van der Waals surface area contributed by atoms with E-state index in [1.165, 1.54) is 12.4 Å². The number of aryl methyl sites for hydroxylation is 2. The highest BCUT2D eigenvalue weighted by Crippen LogP contribution is 2.29. The molecule has 2 aromatic carbocycles. The van der Waals surface area contributed by atoms with Gasteiger partial charge in [-0.05, 0) is 42.8 Å². The summed E-state index contributed by atoms with van der Waals surface area (Å²) in [6.45, 7) is 2.49. The Morgan fingerprint density at radius 2 is 1.88 bits per heavy atom. The largest absolute Gasteiger partial charge is 0.423 e. The van der Waals surface area contributed by atoms with E-state index >= 15 is 0 Å². The average molecular weight is 495 g/mol. The molecule has 0 aliphatic heterocycles. The number of aromatic amines is 1. The Hall–Kier alpha value is -3.82. The van der Waals surface area contributed by atoms with Crippen LogP contribution in [-0.2, 0) is 13.6 Å². The Bertz CT molecular complexity index is 1460. The first-order chi connectivity index (χ1) is 16.4. The minimum atomic E-state index is 0.174. The fourth-order valence-electron chi connectivity index (χ4n) is 3.43. The van der Waals surface area contributed by atoms with Crippen molar-refractivity contribution >= 4 is 51.7 Å². The number of H-pyrrole nitrogens is 1. The minimum absolute atomic E-state index is 0.174. The average Bonchev–Trinajstić information content (AvgIpc) is 3.37. The second kappa shape index (κ2) is 9.20. The highest BCUT2D eigenvalue weighted by atomic mass is 35.5. The number of aromatic nitrogens is 6. The van der Waals surface area contributed by atoms with Crippen LogP contribution in [0.1, 0.15) is 11.3 Å². The van der Waals surface area contributed by atoms with Gasteiger partial charge in [0.05, 0.1) is 33.5 Å². The summed E-state index contributed by atoms with van der Waals surface area (Å²) < 4.78 is 7.64. The molecule has 172 valence electrons. The lowest BCUT2D eigenvalue weighted by molar-refractivity contribution is 0.442. The molecule has 9 nitrogen and oxygen atoms in total. The highest BCUT2D eigenvalue weighted by Gasteiger charge is 2.11. The predicted molar refractivity (Wildman–Crippen MR) is 133 cm³/mol. The maximum Gasteiger partial charge on any atom is 0.322 e. The Kier molecular flexibility index (Phi) is 5.95. The number of benzene rings is 2. The zero-order chi connectivity index (χ0) is 23.7. The van der Waals surface area contributed by atoms with Crippen LogP contribution in [0.3, 0.4) is 0 Å². The molecule has 0 unspecified atom stereocenters. The van der Waals surface area contributed by atoms with Crippen molar-refractivity contribution in [2.45, 2.75) is 13.5 Å². The Balaban J connectivity index is 1.28. The first-order valence-corrected chi connectivity index (χ1v) is 11.1. The van der Waals surface area contributed by atoms with E-state index in [4.69, 9.17) is 32.9 Å². The number of anilines is 3. The van der Waals surface area contributed by atoms with Gasteiger partial charge in [0.1, 0.15) is 5.75 Å². The second-order valence-electron chi connectivity index (χ2n) is 7.66. The summed E-state index contributed by atoms with van der Waals surface area (Å²) in [5.41, 5.74) is 4.77. The molecule has 0 aliphatic carbocycles. The third-order valence-corrected chi connectivity index (χ3v) is 5.59. The van der Waals surface area contributed by atoms with E-state index in [1.807, 2.05) is 54.9 Å². The monoisotopic (exact) mass is 494 g/mol. The van der Waals surface area contributed by atoms with Gasteiger partial charge in [0.25, 0.3) is 0 Å². The van der Waals surface area contributed by atoms with E-state index in [0.717, 1.165) is 39.7 Å². The van der Waals surface area contributed by atoms with Gasteiger partial charge in [-0.3, -0.25) is 5.10 Å². The van der Waals surface area contributed by atoms with Crippen LogP contribution in [-0.4, -0.2) is 29.7 Å². The SMILES string of the molecule is Cc1cc(Nc2ccc3nc(NCc4ccc(Oc5ncc(Cl)cn5)c(Cl)c4)n(C)c3c2)n[nH]1. The van der Waals surface area contributed by atoms with Crippen LogP contribution in [0.25, 0.3) is 11.0 Å². The van der Waals surface area contributed by atoms with Crippen molar-refractivity contribution in [2.75, 3.05) is 10.6 Å². The second-order valence-corrected chi connectivity index (χ2v) is 8.51. The van der Waals surface area contributed by atoms with E-state index in [2.05, 4.69) is 30.8 Å². The van der Waals surface area contributed by atoms with Crippen LogP contribution < -0.4 is 15.4 Å². The molecule has 0 amide bonds. The fraction of sp³-hybridized carbons (Fsp3) is 0.130. The highest BCUT2D eigenvalue weighted by molar-refractivity contribution is 6.32. The molecule has 0 atom stereocenters. The van der Waals surface area contributed by atoms with Crippen molar-refractivity contribution < 1.29 is 4.74 Å². The van der Waals surface area contributed by atoms with E-state index in [1.54, 1.807) is 6.07 Å². The molecule has 5 aromatic rings. The number of halogens is 2. The van der Waals surface area contributed by atoms with E-state index in [-0.39, 0.29) is 6.01 Å². The first kappa shape index (κ1) is 22.0. The molecule has 0 radical (unpaired) electrons. The van der Waals surface area contributed by atoms with Crippen LogP contribution in [0, 0.1) is 6.92 Å². The van der Waals surface area contributed by atoms with Gasteiger partial charge in [-0.25, -0.2) is 15.0 Å². The maximum absolute atomic E-state index is 6.40. The van der Waals surface area contributed by atoms with Gasteiger partial charge in [0.2, 0.25) is 5.95 Å². The van der Waals surface area contributed by atoms with Crippen molar-refractivity contribution in [3.05, 3.63) is 76.2 Å². The number of hydrogen-bond donors (Lipinski definition) is 3. The topological polar surface area (TPSA) is 106 Å². The molecule has 3 heterocycles. The quantitative estimate of drug-likeness (QED) is 0.260. The number of nitrogens with one attached hydrogen (secondary N) is 3. The summed E-state index contributed by atoms with van der Waals surface area (Å²) in [6.07, 6.45) is 2.92. The van der Waals surface area contributed by atoms with Gasteiger partial charge in [-0.15, -0.1) is 0 Å². The summed E-state index contributed by atoms with van der Waals surface area (Å²) in [6, 6.07) is 13.6. The van der Waals surface area contributed by atoms with Crippen molar-refractivity contribution in [2.24, 2.45) is 7.05 Å². The van der Waals surface area contributed by atoms with Crippen LogP contribution in [0.5, 0.6) is 11.8 Å². The lowest BCUT2D eigenvalue weighted by Gasteiger charge is -2.10. The molecule has 34 heavy (non-hydrogen) atoms. The Labute approximate surface area is 205 Å². The number of nitrogens with zero attached hydrogens (tertiary/aromatic N) is 5. The van der Waals surface area contributed by atoms with Gasteiger partial charge in [0, 0.05) is 31.0 Å². The van der Waals surface area contributed by atoms with Gasteiger partial charge in [0.15, 0.2) is 5.82 Å². The van der Waals surface area contributed by atoms with E-state index < -0.39 is 0 Å². The summed E-state index contributed by atoms with van der Waals surface area (Å²) in [5.74, 6) is 1.97. The molecule has 0 aliphatic rings. The van der Waals surface area contributed by atoms with Crippen molar-refractivity contribution in [1.82, 2.24) is 29.7 Å². The lowest BCUT2D eigenvalue weighted by atomic mass is 10.2. The van der Waals surface area contributed by atoms with Crippen molar-refractivity contribution in [3.8, 4) is 11.8 Å². The number of fused-ring (bicyclic) bond motifs is 1. The third kappa shape index (κ3) is 4.75. The molecular weight excluding hydrogens is 475 g/mol.